The Balaban J connectivity index is 2.36. The molecule has 0 aliphatic heterocycles. The maximum absolute atomic E-state index is 12.8. The molecule has 0 saturated carbocycles. The highest BCUT2D eigenvalue weighted by atomic mass is 32.1. The zero-order valence-corrected chi connectivity index (χ0v) is 9.72. The van der Waals surface area contributed by atoms with Crippen molar-refractivity contribution in [2.24, 2.45) is 0 Å². The van der Waals surface area contributed by atoms with Crippen LogP contribution >= 0.6 is 11.3 Å². The Morgan fingerprint density at radius 3 is 2.62 bits per heavy atom. The van der Waals surface area contributed by atoms with E-state index >= 15 is 0 Å². The smallest absolute Gasteiger partial charge is 0.123 e. The van der Waals surface area contributed by atoms with E-state index in [1.807, 2.05) is 6.92 Å². The van der Waals surface area contributed by atoms with Crippen molar-refractivity contribution in [3.05, 3.63) is 40.8 Å². The van der Waals surface area contributed by atoms with Gasteiger partial charge in [-0.15, -0.1) is 11.3 Å². The van der Waals surface area contributed by atoms with E-state index in [-0.39, 0.29) is 12.4 Å². The van der Waals surface area contributed by atoms with Gasteiger partial charge >= 0.3 is 0 Å². The van der Waals surface area contributed by atoms with E-state index < -0.39 is 0 Å². The molecule has 0 aliphatic rings. The van der Waals surface area contributed by atoms with Crippen LogP contribution in [0.5, 0.6) is 0 Å². The maximum atomic E-state index is 12.8. The van der Waals surface area contributed by atoms with E-state index in [9.17, 15) is 4.39 Å². The van der Waals surface area contributed by atoms with E-state index in [0.717, 1.165) is 21.1 Å². The lowest BCUT2D eigenvalue weighted by atomic mass is 10.1. The molecule has 0 amide bonds. The van der Waals surface area contributed by atoms with Crippen LogP contribution in [0.4, 0.5) is 4.39 Å². The molecule has 2 aromatic rings. The number of rotatable bonds is 3. The first kappa shape index (κ1) is 11.2. The maximum Gasteiger partial charge on any atom is 0.123 e. The quantitative estimate of drug-likeness (QED) is 0.890. The van der Waals surface area contributed by atoms with Gasteiger partial charge in [-0.3, -0.25) is 0 Å². The van der Waals surface area contributed by atoms with Gasteiger partial charge in [0.25, 0.3) is 0 Å². The fraction of sp³-hybridized carbons (Fsp3) is 0.250. The zero-order valence-electron chi connectivity index (χ0n) is 8.90. The molecule has 2 rings (SSSR count). The summed E-state index contributed by atoms with van der Waals surface area (Å²) in [6.07, 6.45) is 0.576. The van der Waals surface area contributed by atoms with Crippen molar-refractivity contribution in [3.63, 3.8) is 0 Å². The summed E-state index contributed by atoms with van der Waals surface area (Å²) >= 11 is 1.55. The van der Waals surface area contributed by atoms with E-state index in [0.29, 0.717) is 6.42 Å². The summed E-state index contributed by atoms with van der Waals surface area (Å²) in [5.74, 6) is -0.235. The molecule has 0 spiro atoms. The number of aromatic nitrogens is 1. The first-order valence-corrected chi connectivity index (χ1v) is 5.85. The highest BCUT2D eigenvalue weighted by Gasteiger charge is 2.09. The molecule has 16 heavy (non-hydrogen) atoms. The van der Waals surface area contributed by atoms with Crippen LogP contribution in [0, 0.1) is 12.7 Å². The molecule has 0 saturated heterocycles. The van der Waals surface area contributed by atoms with Gasteiger partial charge in [-0.1, -0.05) is 12.1 Å². The predicted octanol–water partition coefficient (Wildman–Crippen LogP) is 2.79. The second-order valence-corrected chi connectivity index (χ2v) is 4.59. The third-order valence-corrected chi connectivity index (χ3v) is 3.54. The topological polar surface area (TPSA) is 33.1 Å². The van der Waals surface area contributed by atoms with Crippen molar-refractivity contribution < 1.29 is 9.50 Å². The van der Waals surface area contributed by atoms with Gasteiger partial charge in [0.1, 0.15) is 5.82 Å². The minimum atomic E-state index is -0.235. The molecule has 4 heteroatoms. The fourth-order valence-corrected chi connectivity index (χ4v) is 2.58. The third kappa shape index (κ3) is 2.28. The average molecular weight is 237 g/mol. The van der Waals surface area contributed by atoms with Crippen molar-refractivity contribution in [2.45, 2.75) is 13.3 Å². The lowest BCUT2D eigenvalue weighted by molar-refractivity contribution is 0.299. The SMILES string of the molecule is Cc1nc(CCO)sc1-c1ccc(F)cc1. The minimum Gasteiger partial charge on any atom is -0.396 e. The Kier molecular flexibility index (Phi) is 3.31. The molecule has 1 N–H and O–H groups in total. The number of aryl methyl sites for hydroxylation is 1. The predicted molar refractivity (Wildman–Crippen MR) is 63.0 cm³/mol. The summed E-state index contributed by atoms with van der Waals surface area (Å²) in [7, 11) is 0. The number of benzene rings is 1. The Morgan fingerprint density at radius 1 is 1.31 bits per heavy atom. The van der Waals surface area contributed by atoms with Crippen molar-refractivity contribution in [1.82, 2.24) is 4.98 Å². The monoisotopic (exact) mass is 237 g/mol. The van der Waals surface area contributed by atoms with Crippen LogP contribution in [0.1, 0.15) is 10.7 Å². The van der Waals surface area contributed by atoms with Crippen LogP contribution in [-0.4, -0.2) is 16.7 Å². The number of aliphatic hydroxyl groups is 1. The Labute approximate surface area is 97.4 Å². The van der Waals surface area contributed by atoms with Crippen LogP contribution in [0.2, 0.25) is 0 Å². The summed E-state index contributed by atoms with van der Waals surface area (Å²) in [4.78, 5) is 5.41. The number of hydrogen-bond donors (Lipinski definition) is 1. The zero-order chi connectivity index (χ0) is 11.5. The van der Waals surface area contributed by atoms with Crippen molar-refractivity contribution >= 4 is 11.3 Å². The molecule has 1 aromatic carbocycles. The van der Waals surface area contributed by atoms with E-state index in [2.05, 4.69) is 4.98 Å². The lowest BCUT2D eigenvalue weighted by Crippen LogP contribution is -1.88. The van der Waals surface area contributed by atoms with Crippen LogP contribution < -0.4 is 0 Å². The second kappa shape index (κ2) is 4.72. The first-order valence-electron chi connectivity index (χ1n) is 5.04. The molecule has 84 valence electrons. The van der Waals surface area contributed by atoms with Gasteiger partial charge in [-0.2, -0.15) is 0 Å². The normalized spacial score (nSPS) is 10.7. The van der Waals surface area contributed by atoms with Gasteiger partial charge in [0.05, 0.1) is 15.6 Å². The summed E-state index contributed by atoms with van der Waals surface area (Å²) in [5, 5.41) is 9.76. The molecule has 1 heterocycles. The van der Waals surface area contributed by atoms with Crippen LogP contribution in [0.15, 0.2) is 24.3 Å². The van der Waals surface area contributed by atoms with Crippen molar-refractivity contribution in [2.75, 3.05) is 6.61 Å². The number of halogens is 1. The van der Waals surface area contributed by atoms with Crippen molar-refractivity contribution in [1.29, 1.82) is 0 Å². The van der Waals surface area contributed by atoms with Crippen molar-refractivity contribution in [3.8, 4) is 10.4 Å². The minimum absolute atomic E-state index is 0.107. The first-order chi connectivity index (χ1) is 7.70. The average Bonchev–Trinajstić information content (AvgIpc) is 2.61. The van der Waals surface area contributed by atoms with Gasteiger partial charge in [0.15, 0.2) is 0 Å². The number of aliphatic hydroxyl groups excluding tert-OH is 1. The van der Waals surface area contributed by atoms with E-state index in [1.54, 1.807) is 23.5 Å². The van der Waals surface area contributed by atoms with Gasteiger partial charge in [0, 0.05) is 13.0 Å². The molecule has 0 aliphatic carbocycles. The van der Waals surface area contributed by atoms with Gasteiger partial charge in [-0.05, 0) is 24.6 Å². The molecule has 0 unspecified atom stereocenters. The van der Waals surface area contributed by atoms with Gasteiger partial charge in [0.2, 0.25) is 0 Å². The summed E-state index contributed by atoms with van der Waals surface area (Å²) in [5.41, 5.74) is 1.90. The molecule has 2 nitrogen and oxygen atoms in total. The second-order valence-electron chi connectivity index (χ2n) is 3.50. The molecule has 0 radical (unpaired) electrons. The fourth-order valence-electron chi connectivity index (χ4n) is 1.52. The van der Waals surface area contributed by atoms with Crippen LogP contribution in [-0.2, 0) is 6.42 Å². The number of thiazole rings is 1. The lowest BCUT2D eigenvalue weighted by Gasteiger charge is -1.97. The molecule has 0 fully saturated rings. The van der Waals surface area contributed by atoms with E-state index in [1.165, 1.54) is 12.1 Å². The Hall–Kier alpha value is -1.26. The van der Waals surface area contributed by atoms with Crippen LogP contribution in [0.25, 0.3) is 10.4 Å². The summed E-state index contributed by atoms with van der Waals surface area (Å²) in [6.45, 7) is 2.03. The van der Waals surface area contributed by atoms with Crippen LogP contribution in [0.3, 0.4) is 0 Å². The molecular formula is C12H12FNOS. The molecule has 0 bridgehead atoms. The number of hydrogen-bond acceptors (Lipinski definition) is 3. The molecule has 1 aromatic heterocycles. The number of nitrogens with zero attached hydrogens (tertiary/aromatic N) is 1. The highest BCUT2D eigenvalue weighted by Crippen LogP contribution is 2.30. The van der Waals surface area contributed by atoms with Gasteiger partial charge < -0.3 is 5.11 Å². The Bertz CT molecular complexity index is 478. The molecule has 0 atom stereocenters. The summed E-state index contributed by atoms with van der Waals surface area (Å²) in [6, 6.07) is 6.39. The Morgan fingerprint density at radius 2 is 2.00 bits per heavy atom. The summed E-state index contributed by atoms with van der Waals surface area (Å²) < 4.78 is 12.8. The van der Waals surface area contributed by atoms with E-state index in [4.69, 9.17) is 5.11 Å². The third-order valence-electron chi connectivity index (χ3n) is 2.27. The molecular weight excluding hydrogens is 225 g/mol. The standard InChI is InChI=1S/C12H12FNOS/c1-8-12(16-11(14-8)6-7-15)9-2-4-10(13)5-3-9/h2-5,15H,6-7H2,1H3. The highest BCUT2D eigenvalue weighted by molar-refractivity contribution is 7.15. The largest absolute Gasteiger partial charge is 0.396 e. The van der Waals surface area contributed by atoms with Gasteiger partial charge in [-0.25, -0.2) is 9.37 Å².